The van der Waals surface area contributed by atoms with Crippen LogP contribution in [0.2, 0.25) is 25.7 Å². The van der Waals surface area contributed by atoms with Crippen molar-refractivity contribution in [2.75, 3.05) is 6.61 Å². The average Bonchev–Trinajstić information content (AvgIpc) is 2.36. The Kier molecular flexibility index (Phi) is 4.83. The summed E-state index contributed by atoms with van der Waals surface area (Å²) < 4.78 is 8.18. The molecule has 0 atom stereocenters. The van der Waals surface area contributed by atoms with Crippen LogP contribution in [-0.2, 0) is 11.5 Å². The number of pyridine rings is 1. The molecule has 0 unspecified atom stereocenters. The molecule has 3 nitrogen and oxygen atoms in total. The molecule has 0 spiro atoms. The molecular weight excluding hydrogens is 334 g/mol. The first-order chi connectivity index (χ1) is 9.37. The lowest BCUT2D eigenvalue weighted by molar-refractivity contribution is 0.0851. The average molecular weight is 354 g/mol. The quantitative estimate of drug-likeness (QED) is 0.599. The monoisotopic (exact) mass is 353 g/mol. The molecule has 0 saturated heterocycles. The smallest absolute Gasteiger partial charge is 0.260 e. The van der Waals surface area contributed by atoms with Gasteiger partial charge in [-0.1, -0.05) is 41.6 Å². The van der Waals surface area contributed by atoms with Gasteiger partial charge in [0, 0.05) is 30.7 Å². The van der Waals surface area contributed by atoms with Crippen LogP contribution in [0.15, 0.2) is 39.7 Å². The fourth-order valence-corrected chi connectivity index (χ4v) is 3.01. The second-order valence-corrected chi connectivity index (χ2v) is 12.7. The zero-order valence-corrected chi connectivity index (χ0v) is 14.7. The number of hydrogen-bond acceptors (Lipinski definition) is 2. The molecule has 0 amide bonds. The summed E-state index contributed by atoms with van der Waals surface area (Å²) in [6.45, 7) is 7.99. The van der Waals surface area contributed by atoms with Gasteiger partial charge in [-0.2, -0.15) is 0 Å². The summed E-state index contributed by atoms with van der Waals surface area (Å²) >= 11 is 3.40. The third-order valence-corrected chi connectivity index (χ3v) is 5.36. The van der Waals surface area contributed by atoms with E-state index in [0.29, 0.717) is 6.73 Å². The van der Waals surface area contributed by atoms with Gasteiger partial charge < -0.3 is 4.74 Å². The molecule has 0 radical (unpaired) electrons. The Morgan fingerprint density at radius 2 is 2.00 bits per heavy atom. The molecule has 0 fully saturated rings. The first-order valence-electron chi connectivity index (χ1n) is 6.73. The number of halogens is 1. The van der Waals surface area contributed by atoms with Gasteiger partial charge in [-0.05, 0) is 29.6 Å². The van der Waals surface area contributed by atoms with E-state index in [1.54, 1.807) is 10.8 Å². The van der Waals surface area contributed by atoms with Crippen molar-refractivity contribution in [1.29, 1.82) is 0 Å². The van der Waals surface area contributed by atoms with Crippen LogP contribution in [0, 0.1) is 0 Å². The van der Waals surface area contributed by atoms with Crippen molar-refractivity contribution in [3.63, 3.8) is 0 Å². The minimum atomic E-state index is -1.08. The number of benzene rings is 1. The highest BCUT2D eigenvalue weighted by Crippen LogP contribution is 2.16. The van der Waals surface area contributed by atoms with E-state index in [1.807, 2.05) is 24.3 Å². The zero-order chi connectivity index (χ0) is 14.8. The molecule has 2 aromatic rings. The molecule has 0 bridgehead atoms. The van der Waals surface area contributed by atoms with Gasteiger partial charge >= 0.3 is 0 Å². The van der Waals surface area contributed by atoms with Crippen molar-refractivity contribution in [2.45, 2.75) is 32.4 Å². The van der Waals surface area contributed by atoms with Crippen LogP contribution in [0.3, 0.4) is 0 Å². The summed E-state index contributed by atoms with van der Waals surface area (Å²) in [5, 5.41) is 1.67. The predicted molar refractivity (Wildman–Crippen MR) is 90.0 cm³/mol. The molecule has 0 saturated carbocycles. The molecule has 20 heavy (non-hydrogen) atoms. The molecule has 5 heteroatoms. The normalized spacial score (nSPS) is 12.0. The highest BCUT2D eigenvalue weighted by atomic mass is 79.9. The first kappa shape index (κ1) is 15.5. The maximum absolute atomic E-state index is 12.3. The number of aromatic nitrogens is 1. The summed E-state index contributed by atoms with van der Waals surface area (Å²) in [4.78, 5) is 12.3. The molecule has 1 aromatic heterocycles. The van der Waals surface area contributed by atoms with Gasteiger partial charge in [0.15, 0.2) is 0 Å². The van der Waals surface area contributed by atoms with Gasteiger partial charge in [-0.25, -0.2) is 0 Å². The Morgan fingerprint density at radius 1 is 1.25 bits per heavy atom. The third kappa shape index (κ3) is 4.04. The fourth-order valence-electron chi connectivity index (χ4n) is 1.89. The standard InChI is InChI=1S/C15H20BrNO2Si/c1-20(2,3)9-8-19-11-17-7-6-12-4-5-13(16)10-14(12)15(17)18/h4-7,10H,8-9,11H2,1-3H3. The molecule has 108 valence electrons. The van der Waals surface area contributed by atoms with Gasteiger partial charge in [0.25, 0.3) is 5.56 Å². The number of rotatable bonds is 5. The third-order valence-electron chi connectivity index (χ3n) is 3.17. The van der Waals surface area contributed by atoms with Crippen LogP contribution >= 0.6 is 15.9 Å². The number of fused-ring (bicyclic) bond motifs is 1. The Balaban J connectivity index is 2.11. The van der Waals surface area contributed by atoms with E-state index in [0.717, 1.165) is 27.9 Å². The molecule has 0 aliphatic rings. The summed E-state index contributed by atoms with van der Waals surface area (Å²) in [5.74, 6) is 0. The minimum Gasteiger partial charge on any atom is -0.361 e. The van der Waals surface area contributed by atoms with Gasteiger partial charge in [-0.15, -0.1) is 0 Å². The summed E-state index contributed by atoms with van der Waals surface area (Å²) in [6.07, 6.45) is 1.80. The Bertz CT molecular complexity index is 661. The number of ether oxygens (including phenoxy) is 1. The lowest BCUT2D eigenvalue weighted by atomic mass is 10.2. The van der Waals surface area contributed by atoms with Crippen molar-refractivity contribution in [1.82, 2.24) is 4.57 Å². The highest BCUT2D eigenvalue weighted by molar-refractivity contribution is 9.10. The Morgan fingerprint density at radius 3 is 2.70 bits per heavy atom. The lowest BCUT2D eigenvalue weighted by Crippen LogP contribution is -2.24. The van der Waals surface area contributed by atoms with Crippen LogP contribution in [0.5, 0.6) is 0 Å². The van der Waals surface area contributed by atoms with Crippen LogP contribution < -0.4 is 5.56 Å². The molecular formula is C15H20BrNO2Si. The van der Waals surface area contributed by atoms with E-state index in [-0.39, 0.29) is 5.56 Å². The second-order valence-electron chi connectivity index (χ2n) is 6.17. The van der Waals surface area contributed by atoms with Gasteiger partial charge in [0.1, 0.15) is 6.73 Å². The predicted octanol–water partition coefficient (Wildman–Crippen LogP) is 4.08. The van der Waals surface area contributed by atoms with E-state index in [1.165, 1.54) is 0 Å². The van der Waals surface area contributed by atoms with E-state index in [9.17, 15) is 4.79 Å². The topological polar surface area (TPSA) is 31.2 Å². The largest absolute Gasteiger partial charge is 0.361 e. The number of nitrogens with zero attached hydrogens (tertiary/aromatic N) is 1. The van der Waals surface area contributed by atoms with E-state index in [4.69, 9.17) is 4.74 Å². The van der Waals surface area contributed by atoms with Gasteiger partial charge in [-0.3, -0.25) is 9.36 Å². The molecule has 2 rings (SSSR count). The minimum absolute atomic E-state index is 0.00296. The SMILES string of the molecule is C[Si](C)(C)CCOCn1ccc2ccc(Br)cc2c1=O. The van der Waals surface area contributed by atoms with Crippen LogP contribution in [0.4, 0.5) is 0 Å². The van der Waals surface area contributed by atoms with Crippen LogP contribution in [-0.4, -0.2) is 19.2 Å². The summed E-state index contributed by atoms with van der Waals surface area (Å²) in [5.41, 5.74) is -0.00296. The Hall–Kier alpha value is -0.913. The van der Waals surface area contributed by atoms with E-state index < -0.39 is 8.07 Å². The number of hydrogen-bond donors (Lipinski definition) is 0. The van der Waals surface area contributed by atoms with E-state index >= 15 is 0 Å². The van der Waals surface area contributed by atoms with Gasteiger partial charge in [0.05, 0.1) is 0 Å². The van der Waals surface area contributed by atoms with Crippen molar-refractivity contribution in [2.24, 2.45) is 0 Å². The lowest BCUT2D eigenvalue weighted by Gasteiger charge is -2.15. The maximum Gasteiger partial charge on any atom is 0.260 e. The zero-order valence-electron chi connectivity index (χ0n) is 12.1. The molecule has 0 aliphatic heterocycles. The molecule has 1 aromatic carbocycles. The first-order valence-corrected chi connectivity index (χ1v) is 11.2. The van der Waals surface area contributed by atoms with Crippen LogP contribution in [0.25, 0.3) is 10.8 Å². The Labute approximate surface area is 128 Å². The maximum atomic E-state index is 12.3. The summed E-state index contributed by atoms with van der Waals surface area (Å²) in [6, 6.07) is 8.80. The highest BCUT2D eigenvalue weighted by Gasteiger charge is 2.12. The van der Waals surface area contributed by atoms with Crippen molar-refractivity contribution < 1.29 is 4.74 Å². The molecule has 0 aliphatic carbocycles. The summed E-state index contributed by atoms with van der Waals surface area (Å²) in [7, 11) is -1.08. The second kappa shape index (κ2) is 6.24. The van der Waals surface area contributed by atoms with Gasteiger partial charge in [0.2, 0.25) is 0 Å². The molecule has 0 N–H and O–H groups in total. The van der Waals surface area contributed by atoms with Crippen molar-refractivity contribution >= 4 is 34.8 Å². The van der Waals surface area contributed by atoms with E-state index in [2.05, 4.69) is 35.6 Å². The van der Waals surface area contributed by atoms with Crippen LogP contribution in [0.1, 0.15) is 0 Å². The fraction of sp³-hybridized carbons (Fsp3) is 0.400. The van der Waals surface area contributed by atoms with Crippen molar-refractivity contribution in [3.05, 3.63) is 45.3 Å². The molecule has 1 heterocycles. The van der Waals surface area contributed by atoms with Crippen molar-refractivity contribution in [3.8, 4) is 0 Å².